The zero-order valence-corrected chi connectivity index (χ0v) is 46.9. The number of nitrogens with zero attached hydrogens (tertiary/aromatic N) is 4. The van der Waals surface area contributed by atoms with Crippen LogP contribution in [0.1, 0.15) is 53.1 Å². The van der Waals surface area contributed by atoms with E-state index < -0.39 is 5.41 Å². The normalized spacial score (nSPS) is 13.1. The fraction of sp³-hybridized carbons (Fsp3) is 0.0633. The van der Waals surface area contributed by atoms with Gasteiger partial charge in [-0.2, -0.15) is 0 Å². The Labute approximate surface area is 488 Å². The average Bonchev–Trinajstić information content (AvgIpc) is 1.23. The van der Waals surface area contributed by atoms with Gasteiger partial charge in [0.2, 0.25) is 6.71 Å². The zero-order valence-electron chi connectivity index (χ0n) is 46.9. The van der Waals surface area contributed by atoms with Gasteiger partial charge in [-0.3, -0.25) is 9.97 Å². The Balaban J connectivity index is 1.04. The minimum atomic E-state index is -0.763. The highest BCUT2D eigenvalue weighted by Crippen LogP contribution is 2.60. The minimum Gasteiger partial charge on any atom is -0.311 e. The van der Waals surface area contributed by atoms with Crippen LogP contribution in [0.5, 0.6) is 0 Å². The van der Waals surface area contributed by atoms with Crippen molar-refractivity contribution < 1.29 is 0 Å². The van der Waals surface area contributed by atoms with Crippen molar-refractivity contribution in [2.24, 2.45) is 0 Å². The maximum atomic E-state index is 4.89. The fourth-order valence-electron chi connectivity index (χ4n) is 15.3. The second kappa shape index (κ2) is 18.6. The Morgan fingerprint density at radius 3 is 1.60 bits per heavy atom. The molecule has 12 aromatic carbocycles. The maximum Gasteiger partial charge on any atom is 0.243 e. The largest absolute Gasteiger partial charge is 0.311 e. The molecule has 0 saturated carbocycles. The van der Waals surface area contributed by atoms with Crippen LogP contribution in [0.4, 0.5) is 17.1 Å². The highest BCUT2D eigenvalue weighted by molar-refractivity contribution is 6.99. The van der Waals surface area contributed by atoms with Crippen LogP contribution < -0.4 is 21.3 Å². The minimum absolute atomic E-state index is 0.250. The van der Waals surface area contributed by atoms with Gasteiger partial charge in [0, 0.05) is 69.1 Å². The van der Waals surface area contributed by atoms with Gasteiger partial charge in [0.1, 0.15) is 0 Å². The molecule has 0 unspecified atom stereocenters. The molecule has 1 spiro atoms. The van der Waals surface area contributed by atoms with E-state index in [0.717, 1.165) is 33.5 Å². The van der Waals surface area contributed by atoms with Gasteiger partial charge in [0.15, 0.2) is 0 Å². The van der Waals surface area contributed by atoms with Crippen LogP contribution in [0.2, 0.25) is 0 Å². The number of hydrogen-bond donors (Lipinski definition) is 0. The van der Waals surface area contributed by atoms with Crippen molar-refractivity contribution in [3.63, 3.8) is 0 Å². The lowest BCUT2D eigenvalue weighted by atomic mass is 9.29. The Hall–Kier alpha value is -10.4. The van der Waals surface area contributed by atoms with Gasteiger partial charge >= 0.3 is 0 Å². The van der Waals surface area contributed by atoms with Crippen molar-refractivity contribution in [2.75, 3.05) is 4.90 Å². The molecule has 0 radical (unpaired) electrons. The molecule has 0 amide bonds. The number of rotatable bonds is 7. The van der Waals surface area contributed by atoms with Crippen molar-refractivity contribution in [3.05, 3.63) is 307 Å². The van der Waals surface area contributed by atoms with Gasteiger partial charge in [0.25, 0.3) is 0 Å². The monoisotopic (exact) mass is 1070 g/mol. The number of para-hydroxylation sites is 4. The third-order valence-corrected chi connectivity index (χ3v) is 18.6. The first-order chi connectivity index (χ1) is 41.4. The molecule has 4 nitrogen and oxygen atoms in total. The van der Waals surface area contributed by atoms with E-state index in [4.69, 9.17) is 9.97 Å². The number of anilines is 3. The Bertz CT molecular complexity index is 5080. The number of hydrogen-bond acceptors (Lipinski definition) is 3. The summed E-state index contributed by atoms with van der Waals surface area (Å²) >= 11 is 0. The summed E-state index contributed by atoms with van der Waals surface area (Å²) in [6.07, 6.45) is 8.15. The van der Waals surface area contributed by atoms with E-state index in [0.29, 0.717) is 5.92 Å². The van der Waals surface area contributed by atoms with Gasteiger partial charge < -0.3 is 9.47 Å². The number of aromatic nitrogens is 3. The molecule has 84 heavy (non-hydrogen) atoms. The van der Waals surface area contributed by atoms with E-state index in [1.165, 1.54) is 126 Å². The third kappa shape index (κ3) is 6.90. The van der Waals surface area contributed by atoms with Crippen molar-refractivity contribution in [3.8, 4) is 27.9 Å². The average molecular weight is 1070 g/mol. The van der Waals surface area contributed by atoms with E-state index in [-0.39, 0.29) is 6.71 Å². The number of aryl methyl sites for hydroxylation is 1. The zero-order chi connectivity index (χ0) is 55.8. The van der Waals surface area contributed by atoms with Crippen molar-refractivity contribution in [1.82, 2.24) is 14.5 Å². The molecule has 2 aliphatic rings. The predicted octanol–water partition coefficient (Wildman–Crippen LogP) is 17.9. The van der Waals surface area contributed by atoms with Gasteiger partial charge in [0.05, 0.1) is 16.4 Å². The molecule has 0 bridgehead atoms. The summed E-state index contributed by atoms with van der Waals surface area (Å²) in [5.41, 5.74) is 22.6. The highest BCUT2D eigenvalue weighted by Gasteiger charge is 2.55. The molecule has 1 aliphatic carbocycles. The van der Waals surface area contributed by atoms with Crippen molar-refractivity contribution in [1.29, 1.82) is 0 Å². The summed E-state index contributed by atoms with van der Waals surface area (Å²) in [7, 11) is 0. The molecule has 3 aromatic heterocycles. The first kappa shape index (κ1) is 48.4. The molecular formula is C79H55BN4. The summed E-state index contributed by atoms with van der Waals surface area (Å²) in [5, 5.41) is 12.1. The SMILES string of the molecule is Cc1cc(-c2ccc3c4c(c5ccc(C(C)C)cc5c3c2)C2(c3ccccc3-c3ccccc32)c2c(c3ccncc3c3cnccc23)B4c2cccc(N(c3ccccc3)c3ccccc3)c2)cc(-n2c3ccccc3c3ccccc32)c1. The molecule has 0 atom stereocenters. The lowest BCUT2D eigenvalue weighted by Gasteiger charge is -2.45. The van der Waals surface area contributed by atoms with Gasteiger partial charge in [-0.1, -0.05) is 200 Å². The third-order valence-electron chi connectivity index (χ3n) is 18.6. The van der Waals surface area contributed by atoms with Crippen LogP contribution in [-0.4, -0.2) is 21.2 Å². The Morgan fingerprint density at radius 2 is 0.940 bits per heavy atom. The van der Waals surface area contributed by atoms with Crippen molar-refractivity contribution >= 4 is 105 Å². The van der Waals surface area contributed by atoms with Crippen LogP contribution in [0.15, 0.2) is 274 Å². The molecule has 394 valence electrons. The molecule has 0 fully saturated rings. The van der Waals surface area contributed by atoms with Gasteiger partial charge in [-0.05, 0) is 180 Å². The maximum absolute atomic E-state index is 4.89. The standard InChI is InChI=1S/C79H55BN4/c1-49(2)51-33-35-63-67(44-51)68-45-52(53-41-50(3)42-58(43-53)84-73-31-16-12-27-61(73)62-28-13-17-32-74(62)84)34-36-65(68)77-75(63)79(71-29-14-10-25-59(71)60-26-11-15-30-72(60)79)76-64-37-39-81-47-69(64)70-48-82-40-38-66(70)78(76)80(77)54-19-18-24-57(46-54)83(55-20-6-4-7-21-55)56-22-8-5-9-23-56/h4-49H,1-3H3. The quantitative estimate of drug-likeness (QED) is 0.118. The molecule has 17 rings (SSSR count). The molecule has 4 heterocycles. The van der Waals surface area contributed by atoms with Crippen LogP contribution in [0, 0.1) is 6.92 Å². The fourth-order valence-corrected chi connectivity index (χ4v) is 15.3. The Kier molecular flexibility index (Phi) is 10.7. The van der Waals surface area contributed by atoms with Crippen LogP contribution >= 0.6 is 0 Å². The summed E-state index contributed by atoms with van der Waals surface area (Å²) in [4.78, 5) is 12.2. The predicted molar refractivity (Wildman–Crippen MR) is 354 cm³/mol. The summed E-state index contributed by atoms with van der Waals surface area (Å²) < 4.78 is 2.45. The number of pyridine rings is 2. The van der Waals surface area contributed by atoms with E-state index in [2.05, 4.69) is 291 Å². The summed E-state index contributed by atoms with van der Waals surface area (Å²) in [6.45, 7) is 6.65. The lowest BCUT2D eigenvalue weighted by Crippen LogP contribution is -2.62. The molecule has 15 aromatic rings. The van der Waals surface area contributed by atoms with Crippen molar-refractivity contribution in [2.45, 2.75) is 32.1 Å². The van der Waals surface area contributed by atoms with E-state index in [1.807, 2.05) is 12.4 Å². The Morgan fingerprint density at radius 1 is 0.405 bits per heavy atom. The first-order valence-corrected chi connectivity index (χ1v) is 29.4. The summed E-state index contributed by atoms with van der Waals surface area (Å²) in [6, 6.07) is 93.8. The van der Waals surface area contributed by atoms with E-state index in [1.54, 1.807) is 0 Å². The second-order valence-corrected chi connectivity index (χ2v) is 23.4. The molecule has 5 heteroatoms. The first-order valence-electron chi connectivity index (χ1n) is 29.4. The van der Waals surface area contributed by atoms with Crippen LogP contribution in [-0.2, 0) is 5.41 Å². The number of benzene rings is 12. The van der Waals surface area contributed by atoms with Gasteiger partial charge in [-0.25, -0.2) is 0 Å². The number of fused-ring (bicyclic) bond motifs is 22. The molecule has 1 aliphatic heterocycles. The lowest BCUT2D eigenvalue weighted by molar-refractivity contribution is 0.792. The topological polar surface area (TPSA) is 34.0 Å². The van der Waals surface area contributed by atoms with Gasteiger partial charge in [-0.15, -0.1) is 0 Å². The smallest absolute Gasteiger partial charge is 0.243 e. The molecule has 0 N–H and O–H groups in total. The molecule has 0 saturated heterocycles. The van der Waals surface area contributed by atoms with Crippen LogP contribution in [0.25, 0.3) is 92.8 Å². The van der Waals surface area contributed by atoms with E-state index >= 15 is 0 Å². The van der Waals surface area contributed by atoms with E-state index in [9.17, 15) is 0 Å². The molecular weight excluding hydrogens is 1020 g/mol. The highest BCUT2D eigenvalue weighted by atomic mass is 15.1. The van der Waals surface area contributed by atoms with Crippen LogP contribution in [0.3, 0.4) is 0 Å². The second-order valence-electron chi connectivity index (χ2n) is 23.4. The summed E-state index contributed by atoms with van der Waals surface area (Å²) in [5.74, 6) is 0.306.